The summed E-state index contributed by atoms with van der Waals surface area (Å²) in [6.45, 7) is 0. The topological polar surface area (TPSA) is 102 Å². The highest BCUT2D eigenvalue weighted by Crippen LogP contribution is 2.27. The molecule has 8 nitrogen and oxygen atoms in total. The lowest BCUT2D eigenvalue weighted by atomic mass is 10.2. The van der Waals surface area contributed by atoms with Crippen molar-refractivity contribution in [2.45, 2.75) is 0 Å². The van der Waals surface area contributed by atoms with Crippen LogP contribution in [-0.4, -0.2) is 29.1 Å². The highest BCUT2D eigenvalue weighted by atomic mass is 16.6. The summed E-state index contributed by atoms with van der Waals surface area (Å²) in [4.78, 5) is 19.8. The highest BCUT2D eigenvalue weighted by Gasteiger charge is 2.09. The molecule has 0 fully saturated rings. The van der Waals surface area contributed by atoms with Crippen LogP contribution in [0.25, 0.3) is 10.9 Å². The molecule has 4 aromatic rings. The van der Waals surface area contributed by atoms with E-state index in [0.29, 0.717) is 28.5 Å². The smallest absolute Gasteiger partial charge is 0.269 e. The molecule has 0 aliphatic rings. The van der Waals surface area contributed by atoms with Crippen LogP contribution in [0.5, 0.6) is 5.75 Å². The molecule has 0 spiro atoms. The van der Waals surface area contributed by atoms with E-state index in [-0.39, 0.29) is 5.69 Å². The maximum absolute atomic E-state index is 10.8. The summed E-state index contributed by atoms with van der Waals surface area (Å²) >= 11 is 0. The molecule has 0 unspecified atom stereocenters. The summed E-state index contributed by atoms with van der Waals surface area (Å²) in [5, 5.41) is 16.1. The zero-order valence-electron chi connectivity index (χ0n) is 17.2. The third-order valence-corrected chi connectivity index (χ3v) is 4.65. The number of para-hydroxylation sites is 3. The number of nitro groups is 1. The Hall–Kier alpha value is -4.59. The number of aliphatic imine (C=N–C) groups is 1. The normalized spacial score (nSPS) is 11.6. The van der Waals surface area contributed by atoms with Gasteiger partial charge >= 0.3 is 0 Å². The third-order valence-electron chi connectivity index (χ3n) is 4.65. The van der Waals surface area contributed by atoms with Gasteiger partial charge in [-0.2, -0.15) is 5.10 Å². The Balaban J connectivity index is 1.68. The fourth-order valence-electron chi connectivity index (χ4n) is 3.03. The summed E-state index contributed by atoms with van der Waals surface area (Å²) in [5.74, 6) is 1.05. The van der Waals surface area contributed by atoms with Gasteiger partial charge in [-0.3, -0.25) is 15.5 Å². The van der Waals surface area contributed by atoms with E-state index in [1.807, 2.05) is 60.7 Å². The average Bonchev–Trinajstić information content (AvgIpc) is 2.83. The molecule has 0 radical (unpaired) electrons. The number of non-ortho nitro benzene ring substituents is 1. The van der Waals surface area contributed by atoms with Crippen molar-refractivity contribution in [3.63, 3.8) is 0 Å². The number of pyridine rings is 1. The van der Waals surface area contributed by atoms with Crippen LogP contribution in [0.4, 0.5) is 11.4 Å². The molecule has 1 N–H and O–H groups in total. The van der Waals surface area contributed by atoms with Crippen molar-refractivity contribution in [1.82, 2.24) is 10.4 Å². The predicted octanol–water partition coefficient (Wildman–Crippen LogP) is 4.85. The number of ether oxygens (including phenoxy) is 1. The Morgan fingerprint density at radius 3 is 2.53 bits per heavy atom. The van der Waals surface area contributed by atoms with Crippen LogP contribution >= 0.6 is 0 Å². The quantitative estimate of drug-likeness (QED) is 0.206. The van der Waals surface area contributed by atoms with E-state index >= 15 is 0 Å². The summed E-state index contributed by atoms with van der Waals surface area (Å²) in [7, 11) is 1.59. The van der Waals surface area contributed by atoms with E-state index in [9.17, 15) is 10.1 Å². The van der Waals surface area contributed by atoms with Gasteiger partial charge in [0.2, 0.25) is 0 Å². The zero-order valence-corrected chi connectivity index (χ0v) is 17.2. The fourth-order valence-corrected chi connectivity index (χ4v) is 3.03. The summed E-state index contributed by atoms with van der Waals surface area (Å²) in [6.07, 6.45) is 1.56. The number of hydrogen-bond acceptors (Lipinski definition) is 6. The predicted molar refractivity (Wildman–Crippen MR) is 125 cm³/mol. The van der Waals surface area contributed by atoms with E-state index in [4.69, 9.17) is 9.72 Å². The second-order valence-corrected chi connectivity index (χ2v) is 6.74. The van der Waals surface area contributed by atoms with Gasteiger partial charge in [0.15, 0.2) is 5.84 Å². The minimum absolute atomic E-state index is 0.0221. The van der Waals surface area contributed by atoms with Crippen LogP contribution in [0.2, 0.25) is 0 Å². The fraction of sp³-hybridized carbons (Fsp3) is 0.0417. The number of hydrogen-bond donors (Lipinski definition) is 1. The van der Waals surface area contributed by atoms with Crippen LogP contribution in [0.15, 0.2) is 95.0 Å². The number of methoxy groups -OCH3 is 1. The number of nitro benzene ring substituents is 1. The van der Waals surface area contributed by atoms with Crippen molar-refractivity contribution < 1.29 is 9.66 Å². The number of nitrogens with one attached hydrogen (secondary N) is 1. The standard InChI is InChI=1S/C24H19N5O3/c1-32-23-9-5-4-8-21(23)27-24(22-15-12-18-6-2-3-7-20(18)26-22)28-25-16-17-10-13-19(14-11-17)29(30)31/h2-16H,1H3,(H,27,28). The number of rotatable bonds is 6. The third kappa shape index (κ3) is 4.76. The second-order valence-electron chi connectivity index (χ2n) is 6.74. The first kappa shape index (κ1) is 20.7. The van der Waals surface area contributed by atoms with Gasteiger partial charge in [-0.25, -0.2) is 9.98 Å². The summed E-state index contributed by atoms with van der Waals surface area (Å²) in [6, 6.07) is 25.1. The Morgan fingerprint density at radius 2 is 1.75 bits per heavy atom. The van der Waals surface area contributed by atoms with Gasteiger partial charge in [0, 0.05) is 17.5 Å². The number of aromatic nitrogens is 1. The molecule has 158 valence electrons. The van der Waals surface area contributed by atoms with E-state index in [0.717, 1.165) is 10.9 Å². The van der Waals surface area contributed by atoms with Crippen molar-refractivity contribution in [3.05, 3.63) is 106 Å². The van der Waals surface area contributed by atoms with Gasteiger partial charge < -0.3 is 4.74 Å². The van der Waals surface area contributed by atoms with E-state index < -0.39 is 4.92 Å². The molecule has 3 aromatic carbocycles. The van der Waals surface area contributed by atoms with Crippen LogP contribution in [0, 0.1) is 10.1 Å². The summed E-state index contributed by atoms with van der Waals surface area (Å²) in [5.41, 5.74) is 5.74. The molecule has 8 heteroatoms. The first-order chi connectivity index (χ1) is 15.6. The van der Waals surface area contributed by atoms with Crippen LogP contribution < -0.4 is 10.2 Å². The number of nitrogens with zero attached hydrogens (tertiary/aromatic N) is 4. The van der Waals surface area contributed by atoms with Crippen LogP contribution in [0.3, 0.4) is 0 Å². The van der Waals surface area contributed by atoms with Crippen molar-refractivity contribution in [2.75, 3.05) is 7.11 Å². The largest absolute Gasteiger partial charge is 0.494 e. The molecular weight excluding hydrogens is 406 g/mol. The van der Waals surface area contributed by atoms with E-state index in [1.54, 1.807) is 25.5 Å². The lowest BCUT2D eigenvalue weighted by molar-refractivity contribution is -0.384. The molecular formula is C24H19N5O3. The maximum Gasteiger partial charge on any atom is 0.269 e. The van der Waals surface area contributed by atoms with E-state index in [1.165, 1.54) is 12.1 Å². The molecule has 1 aromatic heterocycles. The van der Waals surface area contributed by atoms with Gasteiger partial charge in [0.1, 0.15) is 17.1 Å². The monoisotopic (exact) mass is 425 g/mol. The molecule has 0 saturated carbocycles. The lowest BCUT2D eigenvalue weighted by Gasteiger charge is -2.09. The Morgan fingerprint density at radius 1 is 1.00 bits per heavy atom. The van der Waals surface area contributed by atoms with Crippen molar-refractivity contribution >= 4 is 34.3 Å². The molecule has 4 rings (SSSR count). The minimum atomic E-state index is -0.442. The first-order valence-corrected chi connectivity index (χ1v) is 9.75. The zero-order chi connectivity index (χ0) is 22.3. The number of benzene rings is 3. The van der Waals surface area contributed by atoms with Gasteiger partial charge in [0.25, 0.3) is 5.69 Å². The molecule has 0 saturated heterocycles. The second kappa shape index (κ2) is 9.48. The number of hydrazone groups is 1. The van der Waals surface area contributed by atoms with Gasteiger partial charge in [0.05, 0.1) is 23.8 Å². The lowest BCUT2D eigenvalue weighted by Crippen LogP contribution is -2.20. The van der Waals surface area contributed by atoms with Gasteiger partial charge in [-0.1, -0.05) is 36.4 Å². The average molecular weight is 425 g/mol. The SMILES string of the molecule is COc1ccccc1N=C(NN=Cc1ccc([N+](=O)[O-])cc1)c1ccc2ccccc2n1. The Bertz CT molecular complexity index is 1320. The van der Waals surface area contributed by atoms with E-state index in [2.05, 4.69) is 15.5 Å². The first-order valence-electron chi connectivity index (χ1n) is 9.75. The number of amidine groups is 1. The highest BCUT2D eigenvalue weighted by molar-refractivity contribution is 6.01. The Kier molecular flexibility index (Phi) is 6.12. The minimum Gasteiger partial charge on any atom is -0.494 e. The van der Waals surface area contributed by atoms with Crippen molar-refractivity contribution in [2.24, 2.45) is 10.1 Å². The van der Waals surface area contributed by atoms with Crippen molar-refractivity contribution in [3.8, 4) is 5.75 Å². The van der Waals surface area contributed by atoms with Crippen molar-refractivity contribution in [1.29, 1.82) is 0 Å². The van der Waals surface area contributed by atoms with Crippen LogP contribution in [-0.2, 0) is 0 Å². The molecule has 0 amide bonds. The molecule has 0 aliphatic heterocycles. The number of fused-ring (bicyclic) bond motifs is 1. The van der Waals surface area contributed by atoms with Gasteiger partial charge in [-0.05, 0) is 42.0 Å². The van der Waals surface area contributed by atoms with Gasteiger partial charge in [-0.15, -0.1) is 0 Å². The maximum atomic E-state index is 10.8. The molecule has 0 aliphatic carbocycles. The molecule has 0 bridgehead atoms. The Labute approximate surface area is 184 Å². The molecule has 32 heavy (non-hydrogen) atoms. The van der Waals surface area contributed by atoms with Crippen LogP contribution in [0.1, 0.15) is 11.3 Å². The summed E-state index contributed by atoms with van der Waals surface area (Å²) < 4.78 is 5.41. The molecule has 0 atom stereocenters. The molecule has 1 heterocycles.